The number of hydrogen-bond acceptors (Lipinski definition) is 9. The van der Waals surface area contributed by atoms with Crippen LogP contribution in [0.15, 0.2) is 48.5 Å². The van der Waals surface area contributed by atoms with Crippen LogP contribution in [0, 0.1) is 22.5 Å². The van der Waals surface area contributed by atoms with Gasteiger partial charge in [0.15, 0.2) is 0 Å². The molecule has 0 aromatic heterocycles. The molecule has 0 unspecified atom stereocenters. The Morgan fingerprint density at radius 1 is 0.800 bits per heavy atom. The fourth-order valence-corrected chi connectivity index (χ4v) is 2.53. The second-order valence-electron chi connectivity index (χ2n) is 6.73. The number of carbonyl (C=O) groups is 1. The molecule has 0 aliphatic rings. The van der Waals surface area contributed by atoms with Crippen molar-refractivity contribution < 1.29 is 38.1 Å². The molecule has 2 rings (SSSR count). The molecule has 0 aliphatic heterocycles. The molecule has 35 heavy (non-hydrogen) atoms. The summed E-state index contributed by atoms with van der Waals surface area (Å²) in [6, 6.07) is 11.9. The van der Waals surface area contributed by atoms with Crippen molar-refractivity contribution in [2.75, 3.05) is 64.8 Å². The molecule has 0 heterocycles. The SMILES string of the molecule is C#CCOCCOCCOCCOCCOc1ccc(NC(=O)Oc2ccc([N+](=O)[O-])cc2)cc1. The molecule has 11 nitrogen and oxygen atoms in total. The Balaban J connectivity index is 1.50. The zero-order chi connectivity index (χ0) is 25.1. The van der Waals surface area contributed by atoms with Gasteiger partial charge in [-0.3, -0.25) is 15.4 Å². The third kappa shape index (κ3) is 12.4. The van der Waals surface area contributed by atoms with E-state index in [1.807, 2.05) is 0 Å². The van der Waals surface area contributed by atoms with Gasteiger partial charge in [-0.25, -0.2) is 4.79 Å². The Morgan fingerprint density at radius 3 is 1.86 bits per heavy atom. The first-order valence-corrected chi connectivity index (χ1v) is 10.8. The lowest BCUT2D eigenvalue weighted by atomic mass is 10.3. The van der Waals surface area contributed by atoms with Crippen molar-refractivity contribution in [3.05, 3.63) is 58.6 Å². The number of carbonyl (C=O) groups excluding carboxylic acids is 1. The van der Waals surface area contributed by atoms with Crippen LogP contribution in [0.25, 0.3) is 0 Å². The maximum atomic E-state index is 12.0. The molecular formula is C24H28N2O9. The predicted octanol–water partition coefficient (Wildman–Crippen LogP) is 3.28. The van der Waals surface area contributed by atoms with E-state index >= 15 is 0 Å². The van der Waals surface area contributed by atoms with Crippen LogP contribution in [0.5, 0.6) is 11.5 Å². The minimum absolute atomic E-state index is 0.0901. The highest BCUT2D eigenvalue weighted by molar-refractivity contribution is 5.86. The molecule has 2 aromatic rings. The first kappa shape index (κ1) is 27.6. The van der Waals surface area contributed by atoms with E-state index in [1.54, 1.807) is 24.3 Å². The number of hydrogen-bond donors (Lipinski definition) is 1. The van der Waals surface area contributed by atoms with Crippen LogP contribution in [-0.2, 0) is 18.9 Å². The largest absolute Gasteiger partial charge is 0.491 e. The Hall–Kier alpha value is -3.69. The number of amides is 1. The van der Waals surface area contributed by atoms with Crippen LogP contribution in [0.4, 0.5) is 16.2 Å². The fourth-order valence-electron chi connectivity index (χ4n) is 2.53. The van der Waals surface area contributed by atoms with E-state index in [2.05, 4.69) is 11.2 Å². The lowest BCUT2D eigenvalue weighted by Gasteiger charge is -2.09. The number of nitro groups is 1. The number of benzene rings is 2. The average Bonchev–Trinajstić information content (AvgIpc) is 2.85. The second-order valence-corrected chi connectivity index (χ2v) is 6.73. The summed E-state index contributed by atoms with van der Waals surface area (Å²) in [5.41, 5.74) is 0.411. The minimum Gasteiger partial charge on any atom is -0.491 e. The molecule has 188 valence electrons. The standard InChI is InChI=1S/C24H28N2O9/c1-2-11-30-12-13-31-14-15-32-16-17-33-18-19-34-22-7-3-20(4-8-22)25-24(27)35-23-9-5-21(6-10-23)26(28)29/h1,3-10H,11-19H2,(H,25,27). The number of ether oxygens (including phenoxy) is 6. The van der Waals surface area contributed by atoms with Gasteiger partial charge >= 0.3 is 6.09 Å². The van der Waals surface area contributed by atoms with Crippen LogP contribution in [0.1, 0.15) is 0 Å². The van der Waals surface area contributed by atoms with Crippen LogP contribution < -0.4 is 14.8 Å². The molecule has 1 N–H and O–H groups in total. The summed E-state index contributed by atoms with van der Waals surface area (Å²) >= 11 is 0. The van der Waals surface area contributed by atoms with Crippen molar-refractivity contribution in [1.29, 1.82) is 0 Å². The quantitative estimate of drug-likeness (QED) is 0.154. The number of non-ortho nitro benzene ring substituents is 1. The smallest absolute Gasteiger partial charge is 0.417 e. The number of rotatable bonds is 17. The van der Waals surface area contributed by atoms with E-state index < -0.39 is 11.0 Å². The Kier molecular flexibility index (Phi) is 13.3. The Labute approximate surface area is 203 Å². The lowest BCUT2D eigenvalue weighted by molar-refractivity contribution is -0.384. The molecule has 0 saturated heterocycles. The highest BCUT2D eigenvalue weighted by Gasteiger charge is 2.08. The van der Waals surface area contributed by atoms with Gasteiger partial charge in [0.1, 0.15) is 24.7 Å². The fraction of sp³-hybridized carbons (Fsp3) is 0.375. The summed E-state index contributed by atoms with van der Waals surface area (Å²) in [5.74, 6) is 3.18. The van der Waals surface area contributed by atoms with Gasteiger partial charge in [0.05, 0.1) is 51.2 Å². The third-order valence-corrected chi connectivity index (χ3v) is 4.16. The van der Waals surface area contributed by atoms with E-state index in [0.29, 0.717) is 64.3 Å². The molecule has 11 heteroatoms. The first-order chi connectivity index (χ1) is 17.1. The zero-order valence-electron chi connectivity index (χ0n) is 19.2. The van der Waals surface area contributed by atoms with Gasteiger partial charge in [-0.05, 0) is 36.4 Å². The maximum absolute atomic E-state index is 12.0. The molecule has 0 saturated carbocycles. The van der Waals surface area contributed by atoms with Gasteiger partial charge in [0, 0.05) is 17.8 Å². The molecule has 0 atom stereocenters. The van der Waals surface area contributed by atoms with Crippen molar-refractivity contribution in [2.24, 2.45) is 0 Å². The van der Waals surface area contributed by atoms with Crippen molar-refractivity contribution in [3.63, 3.8) is 0 Å². The van der Waals surface area contributed by atoms with E-state index in [1.165, 1.54) is 24.3 Å². The monoisotopic (exact) mass is 488 g/mol. The number of nitrogens with zero attached hydrogens (tertiary/aromatic N) is 1. The number of anilines is 1. The summed E-state index contributed by atoms with van der Waals surface area (Å²) in [7, 11) is 0. The normalized spacial score (nSPS) is 10.4. The molecule has 0 bridgehead atoms. The summed E-state index contributed by atoms with van der Waals surface area (Å²) in [4.78, 5) is 22.1. The van der Waals surface area contributed by atoms with Gasteiger partial charge in [0.25, 0.3) is 5.69 Å². The molecular weight excluding hydrogens is 460 g/mol. The molecule has 1 amide bonds. The van der Waals surface area contributed by atoms with Crippen LogP contribution in [0.2, 0.25) is 0 Å². The van der Waals surface area contributed by atoms with Gasteiger partial charge in [-0.2, -0.15) is 0 Å². The van der Waals surface area contributed by atoms with Crippen LogP contribution >= 0.6 is 0 Å². The predicted molar refractivity (Wildman–Crippen MR) is 127 cm³/mol. The minimum atomic E-state index is -0.719. The van der Waals surface area contributed by atoms with E-state index in [4.69, 9.17) is 34.8 Å². The van der Waals surface area contributed by atoms with E-state index in [9.17, 15) is 14.9 Å². The topological polar surface area (TPSA) is 128 Å². The maximum Gasteiger partial charge on any atom is 0.417 e. The summed E-state index contributed by atoms with van der Waals surface area (Å²) < 4.78 is 31.9. The summed E-state index contributed by atoms with van der Waals surface area (Å²) in [6.07, 6.45) is 4.34. The van der Waals surface area contributed by atoms with Crippen molar-refractivity contribution in [2.45, 2.75) is 0 Å². The zero-order valence-corrected chi connectivity index (χ0v) is 19.2. The molecule has 0 aliphatic carbocycles. The number of terminal acetylenes is 1. The number of nitro benzene ring substituents is 1. The molecule has 0 spiro atoms. The highest BCUT2D eigenvalue weighted by Crippen LogP contribution is 2.19. The summed E-state index contributed by atoms with van der Waals surface area (Å²) in [5, 5.41) is 13.2. The highest BCUT2D eigenvalue weighted by atomic mass is 16.6. The van der Waals surface area contributed by atoms with Crippen LogP contribution in [-0.4, -0.2) is 70.5 Å². The first-order valence-electron chi connectivity index (χ1n) is 10.8. The van der Waals surface area contributed by atoms with Gasteiger partial charge in [0.2, 0.25) is 0 Å². The second kappa shape index (κ2) is 16.9. The lowest BCUT2D eigenvalue weighted by Crippen LogP contribution is -2.16. The Morgan fingerprint density at radius 2 is 1.31 bits per heavy atom. The van der Waals surface area contributed by atoms with Gasteiger partial charge in [-0.1, -0.05) is 5.92 Å². The molecule has 0 radical (unpaired) electrons. The molecule has 2 aromatic carbocycles. The van der Waals surface area contributed by atoms with Gasteiger partial charge < -0.3 is 28.4 Å². The Bertz CT molecular complexity index is 928. The third-order valence-electron chi connectivity index (χ3n) is 4.16. The summed E-state index contributed by atoms with van der Waals surface area (Å²) in [6.45, 7) is 3.81. The molecule has 0 fully saturated rings. The van der Waals surface area contributed by atoms with Crippen molar-refractivity contribution in [3.8, 4) is 23.8 Å². The van der Waals surface area contributed by atoms with Gasteiger partial charge in [-0.15, -0.1) is 6.42 Å². The van der Waals surface area contributed by atoms with Crippen molar-refractivity contribution in [1.82, 2.24) is 0 Å². The van der Waals surface area contributed by atoms with E-state index in [0.717, 1.165) is 0 Å². The average molecular weight is 488 g/mol. The van der Waals surface area contributed by atoms with Crippen molar-refractivity contribution >= 4 is 17.5 Å². The van der Waals surface area contributed by atoms with Crippen LogP contribution in [0.3, 0.4) is 0 Å². The van der Waals surface area contributed by atoms with E-state index in [-0.39, 0.29) is 18.0 Å². The number of nitrogens with one attached hydrogen (secondary N) is 1.